The summed E-state index contributed by atoms with van der Waals surface area (Å²) < 4.78 is 0. The van der Waals surface area contributed by atoms with Crippen molar-refractivity contribution in [2.24, 2.45) is 0 Å². The van der Waals surface area contributed by atoms with Gasteiger partial charge in [0.2, 0.25) is 0 Å². The van der Waals surface area contributed by atoms with Gasteiger partial charge in [0.15, 0.2) is 0 Å². The van der Waals surface area contributed by atoms with Gasteiger partial charge in [0.05, 0.1) is 0 Å². The summed E-state index contributed by atoms with van der Waals surface area (Å²) in [5.41, 5.74) is 0. The van der Waals surface area contributed by atoms with Crippen LogP contribution < -0.4 is 0 Å². The third kappa shape index (κ3) is 5.34. The van der Waals surface area contributed by atoms with E-state index in [-0.39, 0.29) is 0 Å². The minimum atomic E-state index is 0.881. The van der Waals surface area contributed by atoms with Crippen LogP contribution in [0.25, 0.3) is 0 Å². The molecule has 0 aliphatic carbocycles. The first kappa shape index (κ1) is 6.34. The Morgan fingerprint density at radius 2 is 2.29 bits per heavy atom. The molecule has 0 fully saturated rings. The van der Waals surface area contributed by atoms with Gasteiger partial charge in [-0.3, -0.25) is 0 Å². The van der Waals surface area contributed by atoms with Crippen LogP contribution in [0.3, 0.4) is 0 Å². The Bertz CT molecular complexity index is 115. The summed E-state index contributed by atoms with van der Waals surface area (Å²) in [7, 11) is 0. The average molecular weight is 91.1 g/mol. The standard InChI is InChI=1S/C7H7/c1-3-5-7-6-4-2/h3,5H2,1H3/q+1. The molecule has 7 heavy (non-hydrogen) atoms. The predicted molar refractivity (Wildman–Crippen MR) is 29.8 cm³/mol. The van der Waals surface area contributed by atoms with Crippen LogP contribution in [0, 0.1) is 24.2 Å². The Labute approximate surface area is 44.9 Å². The maximum atomic E-state index is 6.36. The van der Waals surface area contributed by atoms with Crippen molar-refractivity contribution in [3.63, 3.8) is 0 Å². The molecule has 0 spiro atoms. The predicted octanol–water partition coefficient (Wildman–Crippen LogP) is 1.38. The van der Waals surface area contributed by atoms with Crippen LogP contribution in [0.15, 0.2) is 0 Å². The Hall–Kier alpha value is -0.660. The number of unbranched alkanes of at least 4 members (excludes halogenated alkanes) is 1. The van der Waals surface area contributed by atoms with Gasteiger partial charge in [0.25, 0.3) is 0 Å². The van der Waals surface area contributed by atoms with Crippen molar-refractivity contribution < 1.29 is 0 Å². The summed E-state index contributed by atoms with van der Waals surface area (Å²) in [4.78, 5) is 0. The fraction of sp³-hybridized carbons (Fsp3) is 0.429. The van der Waals surface area contributed by atoms with E-state index >= 15 is 0 Å². The van der Waals surface area contributed by atoms with Gasteiger partial charge in [-0.2, -0.15) is 0 Å². The Morgan fingerprint density at radius 1 is 1.57 bits per heavy atom. The molecule has 0 atom stereocenters. The molecule has 0 aromatic rings. The molecule has 0 rings (SSSR count). The van der Waals surface area contributed by atoms with Crippen molar-refractivity contribution in [3.8, 4) is 17.8 Å². The van der Waals surface area contributed by atoms with E-state index < -0.39 is 0 Å². The molecule has 0 bridgehead atoms. The summed E-state index contributed by atoms with van der Waals surface area (Å²) in [6.45, 7) is 2.05. The molecule has 0 heteroatoms. The molecule has 0 aromatic carbocycles. The molecular weight excluding hydrogens is 84.1 g/mol. The fourth-order valence-electron chi connectivity index (χ4n) is 0.232. The summed E-state index contributed by atoms with van der Waals surface area (Å²) in [5, 5.41) is 0. The van der Waals surface area contributed by atoms with Gasteiger partial charge in [-0.25, -0.2) is 0 Å². The van der Waals surface area contributed by atoms with Crippen molar-refractivity contribution in [2.75, 3.05) is 0 Å². The third-order valence-electron chi connectivity index (χ3n) is 0.526. The zero-order valence-electron chi connectivity index (χ0n) is 4.41. The van der Waals surface area contributed by atoms with Gasteiger partial charge in [0, 0.05) is 0 Å². The van der Waals surface area contributed by atoms with Crippen LogP contribution in [0.1, 0.15) is 19.8 Å². The van der Waals surface area contributed by atoms with E-state index in [0.29, 0.717) is 0 Å². The molecule has 0 aromatic heterocycles. The second-order valence-corrected chi connectivity index (χ2v) is 1.18. The molecule has 0 saturated carbocycles. The molecule has 0 nitrogen and oxygen atoms in total. The molecule has 0 N–H and O–H groups in total. The van der Waals surface area contributed by atoms with Crippen LogP contribution in [-0.4, -0.2) is 0 Å². The van der Waals surface area contributed by atoms with Crippen LogP contribution in [-0.2, 0) is 0 Å². The first-order valence-corrected chi connectivity index (χ1v) is 2.31. The van der Waals surface area contributed by atoms with E-state index in [9.17, 15) is 0 Å². The van der Waals surface area contributed by atoms with Crippen molar-refractivity contribution in [1.82, 2.24) is 0 Å². The van der Waals surface area contributed by atoms with Gasteiger partial charge in [-0.15, -0.1) is 0 Å². The molecule has 0 aliphatic rings. The van der Waals surface area contributed by atoms with Crippen molar-refractivity contribution in [2.45, 2.75) is 19.8 Å². The summed E-state index contributed by atoms with van der Waals surface area (Å²) in [5.74, 6) is 7.14. The summed E-state index contributed by atoms with van der Waals surface area (Å²) >= 11 is 0. The van der Waals surface area contributed by atoms with Gasteiger partial charge < -0.3 is 0 Å². The SMILES string of the molecule is [C+]#CC#CCCC. The first-order valence-electron chi connectivity index (χ1n) is 2.31. The van der Waals surface area contributed by atoms with Crippen LogP contribution >= 0.6 is 0 Å². The van der Waals surface area contributed by atoms with Crippen molar-refractivity contribution in [1.29, 1.82) is 0 Å². The molecule has 0 unspecified atom stereocenters. The van der Waals surface area contributed by atoms with Gasteiger partial charge in [0.1, 0.15) is 0 Å². The fourth-order valence-corrected chi connectivity index (χ4v) is 0.232. The molecular formula is C7H7+. The van der Waals surface area contributed by atoms with E-state index in [1.807, 2.05) is 5.92 Å². The van der Waals surface area contributed by atoms with Crippen molar-refractivity contribution >= 4 is 0 Å². The van der Waals surface area contributed by atoms with Crippen LogP contribution in [0.4, 0.5) is 0 Å². The summed E-state index contributed by atoms with van der Waals surface area (Å²) in [6, 6.07) is 0. The number of hydrogen-bond donors (Lipinski definition) is 0. The van der Waals surface area contributed by atoms with Crippen LogP contribution in [0.2, 0.25) is 0 Å². The Morgan fingerprint density at radius 3 is 2.71 bits per heavy atom. The average Bonchev–Trinajstić information content (AvgIpc) is 1.69. The minimum absolute atomic E-state index is 0.881. The van der Waals surface area contributed by atoms with Gasteiger partial charge in [-0.1, -0.05) is 0 Å². The van der Waals surface area contributed by atoms with Gasteiger partial charge in [-0.05, 0) is 0 Å². The Kier molecular flexibility index (Phi) is 4.84. The van der Waals surface area contributed by atoms with E-state index in [2.05, 4.69) is 18.8 Å². The quantitative estimate of drug-likeness (QED) is 0.338. The third-order valence-corrected chi connectivity index (χ3v) is 0.526. The monoisotopic (exact) mass is 91.1 g/mol. The van der Waals surface area contributed by atoms with Gasteiger partial charge >= 0.3 is 44.0 Å². The molecule has 34 valence electrons. The van der Waals surface area contributed by atoms with E-state index in [1.165, 1.54) is 0 Å². The normalized spacial score (nSPS) is 6.14. The Balaban J connectivity index is 3.13. The molecule has 0 heterocycles. The molecule has 0 radical (unpaired) electrons. The number of rotatable bonds is 1. The van der Waals surface area contributed by atoms with E-state index in [1.54, 1.807) is 0 Å². The van der Waals surface area contributed by atoms with Crippen LogP contribution in [0.5, 0.6) is 0 Å². The zero-order valence-corrected chi connectivity index (χ0v) is 4.41. The van der Waals surface area contributed by atoms with E-state index in [4.69, 9.17) is 6.42 Å². The topological polar surface area (TPSA) is 0 Å². The van der Waals surface area contributed by atoms with Crippen molar-refractivity contribution in [3.05, 3.63) is 6.42 Å². The maximum absolute atomic E-state index is 6.36. The second kappa shape index (κ2) is 5.34. The molecule has 0 amide bonds. The zero-order chi connectivity index (χ0) is 5.54. The summed E-state index contributed by atoms with van der Waals surface area (Å²) in [6.07, 6.45) is 8.30. The van der Waals surface area contributed by atoms with E-state index in [0.717, 1.165) is 12.8 Å². The number of hydrogen-bond acceptors (Lipinski definition) is 0. The molecule has 0 saturated heterocycles. The second-order valence-electron chi connectivity index (χ2n) is 1.18. The first-order chi connectivity index (χ1) is 3.41. The molecule has 0 aliphatic heterocycles.